The van der Waals surface area contributed by atoms with Gasteiger partial charge < -0.3 is 4.42 Å². The molecule has 1 heteroatoms. The standard InChI is InChI=1S/C48H28O/c1-2-10-35-30(8-1)18-19-31-20-23-34(28-42(31)35)29-16-21-33(22-17-29)45-36-11-3-5-13-38(36)47(39-14-6-4-12-37(39)45)40-26-27-44-48-41(40)25-24-32-9-7-15-43(49-44)46(32)48/h1-28H. The van der Waals surface area contributed by atoms with Crippen molar-refractivity contribution in [3.63, 3.8) is 0 Å². The minimum atomic E-state index is 0.940. The first-order chi connectivity index (χ1) is 24.3. The molecule has 10 aromatic carbocycles. The Hall–Kier alpha value is -6.44. The van der Waals surface area contributed by atoms with E-state index < -0.39 is 0 Å². The van der Waals surface area contributed by atoms with Crippen LogP contribution in [-0.4, -0.2) is 0 Å². The Bertz CT molecular complexity index is 3030. The molecule has 1 heterocycles. The normalized spacial score (nSPS) is 12.1. The molecule has 0 aliphatic rings. The molecule has 0 bridgehead atoms. The third-order valence-corrected chi connectivity index (χ3v) is 10.6. The van der Waals surface area contributed by atoms with Gasteiger partial charge in [-0.05, 0) is 112 Å². The number of furan rings is 1. The molecule has 0 saturated heterocycles. The number of fused-ring (bicyclic) bond motifs is 5. The predicted octanol–water partition coefficient (Wildman–Crippen LogP) is 13.8. The molecule has 11 rings (SSSR count). The second-order valence-electron chi connectivity index (χ2n) is 13.2. The van der Waals surface area contributed by atoms with Crippen LogP contribution in [-0.2, 0) is 0 Å². The molecular weight excluding hydrogens is 593 g/mol. The lowest BCUT2D eigenvalue weighted by Gasteiger charge is -2.19. The summed E-state index contributed by atoms with van der Waals surface area (Å²) in [6, 6.07) is 62.2. The first-order valence-corrected chi connectivity index (χ1v) is 16.9. The summed E-state index contributed by atoms with van der Waals surface area (Å²) in [6.45, 7) is 0. The smallest absolute Gasteiger partial charge is 0.136 e. The molecule has 0 aliphatic carbocycles. The zero-order chi connectivity index (χ0) is 32.1. The van der Waals surface area contributed by atoms with Gasteiger partial charge in [-0.1, -0.05) is 146 Å². The second kappa shape index (κ2) is 10.0. The van der Waals surface area contributed by atoms with Crippen molar-refractivity contribution in [3.8, 4) is 33.4 Å². The first kappa shape index (κ1) is 26.6. The van der Waals surface area contributed by atoms with Crippen molar-refractivity contribution in [2.45, 2.75) is 0 Å². The van der Waals surface area contributed by atoms with Gasteiger partial charge in [0.15, 0.2) is 0 Å². The first-order valence-electron chi connectivity index (χ1n) is 16.9. The van der Waals surface area contributed by atoms with E-state index in [9.17, 15) is 0 Å². The van der Waals surface area contributed by atoms with Gasteiger partial charge in [0.1, 0.15) is 11.2 Å². The number of hydrogen-bond donors (Lipinski definition) is 0. The maximum atomic E-state index is 6.34. The Morgan fingerprint density at radius 1 is 0.286 bits per heavy atom. The van der Waals surface area contributed by atoms with Crippen molar-refractivity contribution in [2.75, 3.05) is 0 Å². The van der Waals surface area contributed by atoms with Crippen molar-refractivity contribution < 1.29 is 4.42 Å². The lowest BCUT2D eigenvalue weighted by molar-refractivity contribution is 0.669. The summed E-state index contributed by atoms with van der Waals surface area (Å²) in [4.78, 5) is 0. The number of benzene rings is 10. The summed E-state index contributed by atoms with van der Waals surface area (Å²) < 4.78 is 6.34. The summed E-state index contributed by atoms with van der Waals surface area (Å²) in [5.41, 5.74) is 9.33. The lowest BCUT2D eigenvalue weighted by atomic mass is 9.84. The summed E-state index contributed by atoms with van der Waals surface area (Å²) in [5.74, 6) is 0. The molecule has 49 heavy (non-hydrogen) atoms. The lowest BCUT2D eigenvalue weighted by Crippen LogP contribution is -1.92. The highest BCUT2D eigenvalue weighted by molar-refractivity contribution is 6.28. The minimum Gasteiger partial charge on any atom is -0.456 e. The molecule has 0 N–H and O–H groups in total. The summed E-state index contributed by atoms with van der Waals surface area (Å²) >= 11 is 0. The molecule has 1 nitrogen and oxygen atoms in total. The fraction of sp³-hybridized carbons (Fsp3) is 0. The van der Waals surface area contributed by atoms with Gasteiger partial charge in [0, 0.05) is 10.8 Å². The van der Waals surface area contributed by atoms with Gasteiger partial charge in [0.05, 0.1) is 0 Å². The van der Waals surface area contributed by atoms with Crippen LogP contribution in [0.2, 0.25) is 0 Å². The molecule has 0 amide bonds. The molecule has 0 unspecified atom stereocenters. The Labute approximate surface area is 282 Å². The van der Waals surface area contributed by atoms with Crippen molar-refractivity contribution in [1.29, 1.82) is 0 Å². The van der Waals surface area contributed by atoms with Crippen LogP contribution in [0.5, 0.6) is 0 Å². The van der Waals surface area contributed by atoms with Gasteiger partial charge in [-0.15, -0.1) is 0 Å². The largest absolute Gasteiger partial charge is 0.456 e. The molecule has 0 atom stereocenters. The Morgan fingerprint density at radius 2 is 0.837 bits per heavy atom. The molecule has 0 saturated carbocycles. The van der Waals surface area contributed by atoms with E-state index >= 15 is 0 Å². The fourth-order valence-corrected chi connectivity index (χ4v) is 8.41. The quantitative estimate of drug-likeness (QED) is 0.141. The van der Waals surface area contributed by atoms with Crippen LogP contribution in [0.15, 0.2) is 174 Å². The maximum absolute atomic E-state index is 6.34. The number of hydrogen-bond acceptors (Lipinski definition) is 1. The zero-order valence-corrected chi connectivity index (χ0v) is 26.6. The molecule has 0 aliphatic heterocycles. The van der Waals surface area contributed by atoms with Crippen LogP contribution in [0.1, 0.15) is 0 Å². The Kier molecular flexibility index (Phi) is 5.45. The van der Waals surface area contributed by atoms with E-state index in [1.807, 2.05) is 0 Å². The SMILES string of the molecule is c1ccc2c(c1)ccc1ccc(-c3ccc(-c4c5ccccc5c(-c5ccc6oc7cccc8ccc5c6c87)c5ccccc45)cc3)cc12. The molecule has 0 spiro atoms. The Balaban J connectivity index is 1.12. The van der Waals surface area contributed by atoms with Crippen molar-refractivity contribution in [3.05, 3.63) is 170 Å². The van der Waals surface area contributed by atoms with Gasteiger partial charge >= 0.3 is 0 Å². The van der Waals surface area contributed by atoms with Crippen LogP contribution in [0.25, 0.3) is 109 Å². The predicted molar refractivity (Wildman–Crippen MR) is 209 cm³/mol. The highest BCUT2D eigenvalue weighted by Gasteiger charge is 2.21. The van der Waals surface area contributed by atoms with E-state index in [0.717, 1.165) is 11.2 Å². The Morgan fingerprint density at radius 3 is 1.59 bits per heavy atom. The van der Waals surface area contributed by atoms with Crippen LogP contribution >= 0.6 is 0 Å². The molecule has 11 aromatic rings. The summed E-state index contributed by atoms with van der Waals surface area (Å²) in [7, 11) is 0. The van der Waals surface area contributed by atoms with Gasteiger partial charge in [0.25, 0.3) is 0 Å². The van der Waals surface area contributed by atoms with Gasteiger partial charge in [-0.25, -0.2) is 0 Å². The third kappa shape index (κ3) is 3.82. The topological polar surface area (TPSA) is 13.1 Å². The summed E-state index contributed by atoms with van der Waals surface area (Å²) in [5, 5.41) is 15.0. The highest BCUT2D eigenvalue weighted by atomic mass is 16.3. The van der Waals surface area contributed by atoms with Crippen LogP contribution in [0.3, 0.4) is 0 Å². The fourth-order valence-electron chi connectivity index (χ4n) is 8.41. The average Bonchev–Trinajstić information content (AvgIpc) is 3.56. The van der Waals surface area contributed by atoms with E-state index in [1.54, 1.807) is 0 Å². The van der Waals surface area contributed by atoms with E-state index in [0.29, 0.717) is 0 Å². The molecule has 0 fully saturated rings. The monoisotopic (exact) mass is 620 g/mol. The molecule has 1 aromatic heterocycles. The maximum Gasteiger partial charge on any atom is 0.136 e. The van der Waals surface area contributed by atoms with Gasteiger partial charge in [0.2, 0.25) is 0 Å². The number of rotatable bonds is 3. The van der Waals surface area contributed by atoms with E-state index in [-0.39, 0.29) is 0 Å². The average molecular weight is 621 g/mol. The van der Waals surface area contributed by atoms with Crippen LogP contribution in [0, 0.1) is 0 Å². The highest BCUT2D eigenvalue weighted by Crippen LogP contribution is 2.48. The second-order valence-corrected chi connectivity index (χ2v) is 13.2. The van der Waals surface area contributed by atoms with Crippen molar-refractivity contribution in [1.82, 2.24) is 0 Å². The van der Waals surface area contributed by atoms with Gasteiger partial charge in [-0.3, -0.25) is 0 Å². The zero-order valence-electron chi connectivity index (χ0n) is 26.6. The van der Waals surface area contributed by atoms with Gasteiger partial charge in [-0.2, -0.15) is 0 Å². The van der Waals surface area contributed by atoms with Crippen molar-refractivity contribution in [2.24, 2.45) is 0 Å². The van der Waals surface area contributed by atoms with E-state index in [2.05, 4.69) is 170 Å². The molecule has 0 radical (unpaired) electrons. The molecular formula is C48H28O. The van der Waals surface area contributed by atoms with E-state index in [4.69, 9.17) is 4.42 Å². The third-order valence-electron chi connectivity index (χ3n) is 10.6. The van der Waals surface area contributed by atoms with Crippen LogP contribution in [0.4, 0.5) is 0 Å². The van der Waals surface area contributed by atoms with Crippen molar-refractivity contribution >= 4 is 75.8 Å². The van der Waals surface area contributed by atoms with E-state index in [1.165, 1.54) is 98.0 Å². The molecule has 226 valence electrons. The summed E-state index contributed by atoms with van der Waals surface area (Å²) in [6.07, 6.45) is 0. The minimum absolute atomic E-state index is 0.940. The van der Waals surface area contributed by atoms with Crippen LogP contribution < -0.4 is 0 Å².